The minimum absolute atomic E-state index is 0.0245. The Morgan fingerprint density at radius 2 is 2.33 bits per heavy atom. The van der Waals surface area contributed by atoms with Crippen LogP contribution in [0.5, 0.6) is 0 Å². The molecule has 0 aliphatic carbocycles. The van der Waals surface area contributed by atoms with Gasteiger partial charge in [-0.05, 0) is 18.6 Å². The third kappa shape index (κ3) is 2.02. The third-order valence-electron chi connectivity index (χ3n) is 3.24. The minimum Gasteiger partial charge on any atom is -0.389 e. The molecule has 0 spiro atoms. The zero-order chi connectivity index (χ0) is 12.4. The highest BCUT2D eigenvalue weighted by Crippen LogP contribution is 2.27. The second-order valence-electron chi connectivity index (χ2n) is 4.40. The van der Waals surface area contributed by atoms with Crippen molar-refractivity contribution in [2.45, 2.75) is 18.6 Å². The molecule has 1 N–H and O–H groups in total. The van der Waals surface area contributed by atoms with Gasteiger partial charge < -0.3 is 14.4 Å². The lowest BCUT2D eigenvalue weighted by atomic mass is 10.1. The second kappa shape index (κ2) is 4.88. The molecule has 1 fully saturated rings. The van der Waals surface area contributed by atoms with Gasteiger partial charge in [0.15, 0.2) is 0 Å². The van der Waals surface area contributed by atoms with Gasteiger partial charge in [-0.3, -0.25) is 4.98 Å². The first-order valence-corrected chi connectivity index (χ1v) is 6.05. The Morgan fingerprint density at radius 1 is 1.39 bits per heavy atom. The van der Waals surface area contributed by atoms with Gasteiger partial charge in [0.25, 0.3) is 0 Å². The van der Waals surface area contributed by atoms with Gasteiger partial charge in [-0.2, -0.15) is 0 Å². The van der Waals surface area contributed by atoms with E-state index in [0.29, 0.717) is 13.2 Å². The van der Waals surface area contributed by atoms with Crippen LogP contribution in [0, 0.1) is 0 Å². The molecule has 2 aromatic heterocycles. The first-order valence-electron chi connectivity index (χ1n) is 6.05. The molecule has 1 saturated heterocycles. The van der Waals surface area contributed by atoms with Crippen LogP contribution in [0.15, 0.2) is 36.9 Å². The number of imidazole rings is 1. The van der Waals surface area contributed by atoms with Gasteiger partial charge in [-0.1, -0.05) is 0 Å². The lowest BCUT2D eigenvalue weighted by Crippen LogP contribution is -2.34. The maximum Gasteiger partial charge on any atom is 0.141 e. The number of aliphatic hydroxyl groups is 1. The Hall–Kier alpha value is -1.72. The SMILES string of the molecule is O[C@H]1COCC[C@@H]1n1ccnc1-c1cccnc1. The van der Waals surface area contributed by atoms with Crippen molar-refractivity contribution in [3.05, 3.63) is 36.9 Å². The van der Waals surface area contributed by atoms with Crippen molar-refractivity contribution in [2.75, 3.05) is 13.2 Å². The number of pyridine rings is 1. The average molecular weight is 245 g/mol. The van der Waals surface area contributed by atoms with E-state index in [1.54, 1.807) is 18.6 Å². The van der Waals surface area contributed by atoms with Crippen molar-refractivity contribution in [2.24, 2.45) is 0 Å². The molecule has 3 rings (SSSR count). The summed E-state index contributed by atoms with van der Waals surface area (Å²) in [5, 5.41) is 10.0. The second-order valence-corrected chi connectivity index (χ2v) is 4.40. The molecule has 0 amide bonds. The van der Waals surface area contributed by atoms with Crippen molar-refractivity contribution in [3.63, 3.8) is 0 Å². The summed E-state index contributed by atoms with van der Waals surface area (Å²) in [7, 11) is 0. The fourth-order valence-electron chi connectivity index (χ4n) is 2.34. The normalized spacial score (nSPS) is 24.1. The van der Waals surface area contributed by atoms with Crippen LogP contribution in [0.4, 0.5) is 0 Å². The van der Waals surface area contributed by atoms with Crippen molar-refractivity contribution in [1.82, 2.24) is 14.5 Å². The molecule has 1 aliphatic heterocycles. The molecule has 3 heterocycles. The molecular weight excluding hydrogens is 230 g/mol. The zero-order valence-electron chi connectivity index (χ0n) is 9.94. The number of rotatable bonds is 2. The van der Waals surface area contributed by atoms with Crippen molar-refractivity contribution in [1.29, 1.82) is 0 Å². The van der Waals surface area contributed by atoms with Crippen molar-refractivity contribution < 1.29 is 9.84 Å². The summed E-state index contributed by atoms with van der Waals surface area (Å²) in [6.45, 7) is 1.06. The molecule has 0 unspecified atom stereocenters. The lowest BCUT2D eigenvalue weighted by molar-refractivity contribution is -0.0381. The Labute approximate surface area is 105 Å². The fraction of sp³-hybridized carbons (Fsp3) is 0.385. The Kier molecular flexibility index (Phi) is 3.08. The highest BCUT2D eigenvalue weighted by atomic mass is 16.5. The summed E-state index contributed by atoms with van der Waals surface area (Å²) >= 11 is 0. The maximum atomic E-state index is 10.0. The van der Waals surface area contributed by atoms with Gasteiger partial charge in [-0.25, -0.2) is 4.98 Å². The predicted octanol–water partition coefficient (Wildman–Crippen LogP) is 1.27. The Balaban J connectivity index is 1.96. The lowest BCUT2D eigenvalue weighted by Gasteiger charge is -2.29. The number of ether oxygens (including phenoxy) is 1. The molecule has 0 bridgehead atoms. The van der Waals surface area contributed by atoms with Crippen LogP contribution >= 0.6 is 0 Å². The minimum atomic E-state index is -0.483. The van der Waals surface area contributed by atoms with Gasteiger partial charge in [0.1, 0.15) is 5.82 Å². The predicted molar refractivity (Wildman–Crippen MR) is 65.9 cm³/mol. The van der Waals surface area contributed by atoms with Gasteiger partial charge in [-0.15, -0.1) is 0 Å². The number of aromatic nitrogens is 3. The van der Waals surface area contributed by atoms with Crippen molar-refractivity contribution in [3.8, 4) is 11.4 Å². The zero-order valence-corrected chi connectivity index (χ0v) is 9.94. The van der Waals surface area contributed by atoms with E-state index in [1.165, 1.54) is 0 Å². The summed E-state index contributed by atoms with van der Waals surface area (Å²) in [5.74, 6) is 0.842. The Morgan fingerprint density at radius 3 is 3.11 bits per heavy atom. The fourth-order valence-corrected chi connectivity index (χ4v) is 2.34. The molecule has 0 radical (unpaired) electrons. The monoisotopic (exact) mass is 245 g/mol. The van der Waals surface area contributed by atoms with E-state index in [4.69, 9.17) is 4.74 Å². The van der Waals surface area contributed by atoms with Crippen LogP contribution in [0.1, 0.15) is 12.5 Å². The summed E-state index contributed by atoms with van der Waals surface area (Å²) < 4.78 is 7.28. The van der Waals surface area contributed by atoms with E-state index in [0.717, 1.165) is 17.8 Å². The van der Waals surface area contributed by atoms with Crippen LogP contribution < -0.4 is 0 Å². The van der Waals surface area contributed by atoms with E-state index in [1.807, 2.05) is 22.9 Å². The first-order chi connectivity index (χ1) is 8.86. The van der Waals surface area contributed by atoms with Gasteiger partial charge in [0.05, 0.1) is 18.8 Å². The standard InChI is InChI=1S/C13H15N3O2/c17-12-9-18-7-3-11(12)16-6-5-15-13(16)10-2-1-4-14-8-10/h1-2,4-6,8,11-12,17H,3,7,9H2/t11-,12-/m0/s1. The molecule has 18 heavy (non-hydrogen) atoms. The third-order valence-corrected chi connectivity index (χ3v) is 3.24. The van der Waals surface area contributed by atoms with E-state index >= 15 is 0 Å². The molecule has 2 atom stereocenters. The highest BCUT2D eigenvalue weighted by molar-refractivity contribution is 5.53. The van der Waals surface area contributed by atoms with Crippen LogP contribution in [0.25, 0.3) is 11.4 Å². The van der Waals surface area contributed by atoms with E-state index < -0.39 is 6.10 Å². The van der Waals surface area contributed by atoms with E-state index in [2.05, 4.69) is 9.97 Å². The summed E-state index contributed by atoms with van der Waals surface area (Å²) in [6, 6.07) is 3.88. The molecule has 5 heteroatoms. The molecule has 94 valence electrons. The number of aliphatic hydroxyl groups excluding tert-OH is 1. The van der Waals surface area contributed by atoms with Gasteiger partial charge in [0, 0.05) is 37.0 Å². The van der Waals surface area contributed by atoms with Crippen LogP contribution in [0.2, 0.25) is 0 Å². The number of hydrogen-bond acceptors (Lipinski definition) is 4. The average Bonchev–Trinajstić information content (AvgIpc) is 2.89. The molecule has 5 nitrogen and oxygen atoms in total. The Bertz CT molecular complexity index is 512. The van der Waals surface area contributed by atoms with Crippen LogP contribution in [0.3, 0.4) is 0 Å². The van der Waals surface area contributed by atoms with Gasteiger partial charge >= 0.3 is 0 Å². The topological polar surface area (TPSA) is 60.2 Å². The molecule has 0 saturated carbocycles. The molecule has 2 aromatic rings. The van der Waals surface area contributed by atoms with E-state index in [9.17, 15) is 5.11 Å². The van der Waals surface area contributed by atoms with Crippen LogP contribution in [-0.2, 0) is 4.74 Å². The first kappa shape index (κ1) is 11.4. The maximum absolute atomic E-state index is 10.0. The summed E-state index contributed by atoms with van der Waals surface area (Å²) in [6.07, 6.45) is 7.49. The molecule has 1 aliphatic rings. The number of hydrogen-bond donors (Lipinski definition) is 1. The van der Waals surface area contributed by atoms with Crippen LogP contribution in [-0.4, -0.2) is 39.0 Å². The largest absolute Gasteiger partial charge is 0.389 e. The smallest absolute Gasteiger partial charge is 0.141 e. The van der Waals surface area contributed by atoms with Gasteiger partial charge in [0.2, 0.25) is 0 Å². The number of nitrogens with zero attached hydrogens (tertiary/aromatic N) is 3. The van der Waals surface area contributed by atoms with E-state index in [-0.39, 0.29) is 6.04 Å². The molecular formula is C13H15N3O2. The molecule has 0 aromatic carbocycles. The highest BCUT2D eigenvalue weighted by Gasteiger charge is 2.26. The summed E-state index contributed by atoms with van der Waals surface area (Å²) in [5.41, 5.74) is 0.959. The quantitative estimate of drug-likeness (QED) is 0.865. The summed E-state index contributed by atoms with van der Waals surface area (Å²) in [4.78, 5) is 8.47. The van der Waals surface area contributed by atoms with Crippen molar-refractivity contribution >= 4 is 0 Å².